The molecular weight excluding hydrogens is 331 g/mol. The van der Waals surface area contributed by atoms with Gasteiger partial charge in [-0.2, -0.15) is 5.10 Å². The Morgan fingerprint density at radius 1 is 1.21 bits per heavy atom. The van der Waals surface area contributed by atoms with Crippen LogP contribution in [0.3, 0.4) is 0 Å². The number of halogens is 2. The molecule has 2 aromatic rings. The van der Waals surface area contributed by atoms with Gasteiger partial charge in [0, 0.05) is 32.7 Å². The fraction of sp³-hybridized carbons (Fsp3) is 0.412. The minimum absolute atomic E-state index is 0.0549. The van der Waals surface area contributed by atoms with E-state index in [0.29, 0.717) is 18.1 Å². The molecular formula is C17H20ClFN4O. The molecule has 128 valence electrons. The molecule has 1 aromatic carbocycles. The van der Waals surface area contributed by atoms with Crippen molar-refractivity contribution in [1.82, 2.24) is 19.6 Å². The molecule has 1 aromatic heterocycles. The van der Waals surface area contributed by atoms with Gasteiger partial charge in [0.05, 0.1) is 16.9 Å². The van der Waals surface area contributed by atoms with Crippen LogP contribution < -0.4 is 0 Å². The van der Waals surface area contributed by atoms with Crippen LogP contribution in [0.5, 0.6) is 0 Å². The van der Waals surface area contributed by atoms with Crippen LogP contribution in [0.25, 0.3) is 0 Å². The number of rotatable bonds is 4. The first kappa shape index (κ1) is 16.9. The van der Waals surface area contributed by atoms with Crippen molar-refractivity contribution in [2.45, 2.75) is 20.0 Å². The summed E-state index contributed by atoms with van der Waals surface area (Å²) in [6.45, 7) is 5.84. The first-order valence-corrected chi connectivity index (χ1v) is 8.33. The molecule has 1 amide bonds. The van der Waals surface area contributed by atoms with Gasteiger partial charge >= 0.3 is 0 Å². The predicted octanol–water partition coefficient (Wildman–Crippen LogP) is 2.33. The maximum atomic E-state index is 12.9. The van der Waals surface area contributed by atoms with Crippen LogP contribution >= 0.6 is 11.6 Å². The topological polar surface area (TPSA) is 41.4 Å². The van der Waals surface area contributed by atoms with Gasteiger partial charge < -0.3 is 4.90 Å². The molecule has 1 aliphatic heterocycles. The quantitative estimate of drug-likeness (QED) is 0.849. The second-order valence-electron chi connectivity index (χ2n) is 6.02. The van der Waals surface area contributed by atoms with Crippen LogP contribution in [-0.4, -0.2) is 51.7 Å². The molecule has 5 nitrogen and oxygen atoms in total. The van der Waals surface area contributed by atoms with E-state index in [9.17, 15) is 9.18 Å². The smallest absolute Gasteiger partial charge is 0.244 e. The Bertz CT molecular complexity index is 708. The van der Waals surface area contributed by atoms with Gasteiger partial charge in [-0.15, -0.1) is 0 Å². The zero-order valence-corrected chi connectivity index (χ0v) is 14.3. The van der Waals surface area contributed by atoms with Gasteiger partial charge in [-0.05, 0) is 24.6 Å². The van der Waals surface area contributed by atoms with Crippen LogP contribution in [0.2, 0.25) is 5.02 Å². The van der Waals surface area contributed by atoms with Crippen LogP contribution in [0.15, 0.2) is 30.5 Å². The van der Waals surface area contributed by atoms with Crippen molar-refractivity contribution in [1.29, 1.82) is 0 Å². The molecule has 0 aliphatic carbocycles. The number of carbonyl (C=O) groups excluding carboxylic acids is 1. The van der Waals surface area contributed by atoms with Crippen molar-refractivity contribution in [3.05, 3.63) is 52.6 Å². The molecule has 0 radical (unpaired) electrons. The average Bonchev–Trinajstić information content (AvgIpc) is 2.90. The van der Waals surface area contributed by atoms with Gasteiger partial charge in [-0.1, -0.05) is 23.7 Å². The fourth-order valence-electron chi connectivity index (χ4n) is 2.81. The number of hydrogen-bond donors (Lipinski definition) is 0. The van der Waals surface area contributed by atoms with Crippen molar-refractivity contribution in [3.8, 4) is 0 Å². The number of amides is 1. The summed E-state index contributed by atoms with van der Waals surface area (Å²) < 4.78 is 14.6. The largest absolute Gasteiger partial charge is 0.339 e. The maximum Gasteiger partial charge on any atom is 0.244 e. The number of hydrogen-bond acceptors (Lipinski definition) is 3. The third-order valence-electron chi connectivity index (χ3n) is 4.37. The SMILES string of the molecule is Cc1c(Cl)cnn1CC(=O)N1CCN(Cc2ccc(F)cc2)CC1. The molecule has 0 N–H and O–H groups in total. The van der Waals surface area contributed by atoms with E-state index in [1.165, 1.54) is 12.1 Å². The van der Waals surface area contributed by atoms with Gasteiger partial charge in [0.15, 0.2) is 0 Å². The van der Waals surface area contributed by atoms with Crippen molar-refractivity contribution >= 4 is 17.5 Å². The second kappa shape index (κ2) is 7.32. The predicted molar refractivity (Wildman–Crippen MR) is 90.2 cm³/mol. The summed E-state index contributed by atoms with van der Waals surface area (Å²) in [5, 5.41) is 4.70. The Morgan fingerprint density at radius 2 is 1.88 bits per heavy atom. The van der Waals surface area contributed by atoms with Gasteiger partial charge in [0.2, 0.25) is 5.91 Å². The van der Waals surface area contributed by atoms with Gasteiger partial charge in [-0.25, -0.2) is 4.39 Å². The van der Waals surface area contributed by atoms with E-state index >= 15 is 0 Å². The molecule has 2 heterocycles. The van der Waals surface area contributed by atoms with Gasteiger partial charge in [-0.3, -0.25) is 14.4 Å². The minimum Gasteiger partial charge on any atom is -0.339 e. The number of benzene rings is 1. The van der Waals surface area contributed by atoms with E-state index in [4.69, 9.17) is 11.6 Å². The van der Waals surface area contributed by atoms with Crippen LogP contribution in [0, 0.1) is 12.7 Å². The zero-order chi connectivity index (χ0) is 17.1. The Morgan fingerprint density at radius 3 is 2.46 bits per heavy atom. The number of piperazine rings is 1. The monoisotopic (exact) mass is 350 g/mol. The van der Waals surface area contributed by atoms with E-state index in [0.717, 1.165) is 30.9 Å². The lowest BCUT2D eigenvalue weighted by atomic mass is 10.2. The van der Waals surface area contributed by atoms with E-state index < -0.39 is 0 Å². The Kier molecular flexibility index (Phi) is 5.16. The highest BCUT2D eigenvalue weighted by Crippen LogP contribution is 2.14. The number of aromatic nitrogens is 2. The van der Waals surface area contributed by atoms with E-state index in [1.807, 2.05) is 11.8 Å². The van der Waals surface area contributed by atoms with Gasteiger partial charge in [0.25, 0.3) is 0 Å². The van der Waals surface area contributed by atoms with Crippen molar-refractivity contribution < 1.29 is 9.18 Å². The number of nitrogens with zero attached hydrogens (tertiary/aromatic N) is 4. The molecule has 3 rings (SSSR count). The third-order valence-corrected chi connectivity index (χ3v) is 4.74. The third kappa shape index (κ3) is 3.94. The molecule has 24 heavy (non-hydrogen) atoms. The van der Waals surface area contributed by atoms with E-state index in [1.54, 1.807) is 23.0 Å². The lowest BCUT2D eigenvalue weighted by Crippen LogP contribution is -2.49. The summed E-state index contributed by atoms with van der Waals surface area (Å²) in [7, 11) is 0. The molecule has 0 saturated carbocycles. The molecule has 0 bridgehead atoms. The van der Waals surface area contributed by atoms with Gasteiger partial charge in [0.1, 0.15) is 12.4 Å². The minimum atomic E-state index is -0.219. The normalized spacial score (nSPS) is 15.7. The molecule has 0 unspecified atom stereocenters. The zero-order valence-electron chi connectivity index (χ0n) is 13.6. The highest BCUT2D eigenvalue weighted by Gasteiger charge is 2.22. The first-order chi connectivity index (χ1) is 11.5. The standard InChI is InChI=1S/C17H20ClFN4O/c1-13-16(18)10-20-23(13)12-17(24)22-8-6-21(7-9-22)11-14-2-4-15(19)5-3-14/h2-5,10H,6-9,11-12H2,1H3. The van der Waals surface area contributed by atoms with E-state index in [2.05, 4.69) is 10.00 Å². The maximum absolute atomic E-state index is 12.9. The molecule has 0 spiro atoms. The Balaban J connectivity index is 1.50. The summed E-state index contributed by atoms with van der Waals surface area (Å²) in [5.74, 6) is -0.164. The highest BCUT2D eigenvalue weighted by atomic mass is 35.5. The average molecular weight is 351 g/mol. The van der Waals surface area contributed by atoms with Crippen molar-refractivity contribution in [3.63, 3.8) is 0 Å². The van der Waals surface area contributed by atoms with E-state index in [-0.39, 0.29) is 18.3 Å². The highest BCUT2D eigenvalue weighted by molar-refractivity contribution is 6.31. The summed E-state index contributed by atoms with van der Waals surface area (Å²) in [5.41, 5.74) is 1.89. The summed E-state index contributed by atoms with van der Waals surface area (Å²) in [6.07, 6.45) is 1.56. The van der Waals surface area contributed by atoms with Crippen molar-refractivity contribution in [2.24, 2.45) is 0 Å². The first-order valence-electron chi connectivity index (χ1n) is 7.95. The number of carbonyl (C=O) groups is 1. The van der Waals surface area contributed by atoms with Crippen LogP contribution in [0.4, 0.5) is 4.39 Å². The Labute approximate surface area is 145 Å². The van der Waals surface area contributed by atoms with Crippen molar-refractivity contribution in [2.75, 3.05) is 26.2 Å². The Hall–Kier alpha value is -1.92. The summed E-state index contributed by atoms with van der Waals surface area (Å²) in [6, 6.07) is 6.56. The van der Waals surface area contributed by atoms with Crippen LogP contribution in [-0.2, 0) is 17.9 Å². The molecule has 1 aliphatic rings. The molecule has 7 heteroatoms. The molecule has 1 saturated heterocycles. The second-order valence-corrected chi connectivity index (χ2v) is 6.43. The molecule has 1 fully saturated rings. The lowest BCUT2D eigenvalue weighted by molar-refractivity contribution is -0.133. The van der Waals surface area contributed by atoms with Crippen LogP contribution in [0.1, 0.15) is 11.3 Å². The summed E-state index contributed by atoms with van der Waals surface area (Å²) in [4.78, 5) is 16.5. The fourth-order valence-corrected chi connectivity index (χ4v) is 2.96. The summed E-state index contributed by atoms with van der Waals surface area (Å²) >= 11 is 5.97. The lowest BCUT2D eigenvalue weighted by Gasteiger charge is -2.34. The molecule has 0 atom stereocenters.